The molecule has 0 aromatic heterocycles. The first-order valence-corrected chi connectivity index (χ1v) is 8.08. The lowest BCUT2D eigenvalue weighted by molar-refractivity contribution is -0.141. The van der Waals surface area contributed by atoms with Crippen LogP contribution in [0.2, 0.25) is 0 Å². The summed E-state index contributed by atoms with van der Waals surface area (Å²) in [6, 6.07) is 6.80. The maximum Gasteiger partial charge on any atom is 0.305 e. The third kappa shape index (κ3) is 4.82. The first-order chi connectivity index (χ1) is 10.5. The van der Waals surface area contributed by atoms with Gasteiger partial charge in [-0.3, -0.25) is 9.69 Å². The van der Waals surface area contributed by atoms with Crippen molar-refractivity contribution in [2.75, 3.05) is 20.2 Å². The summed E-state index contributed by atoms with van der Waals surface area (Å²) in [5, 5.41) is 0. The molecule has 0 spiro atoms. The average molecular weight is 304 g/mol. The predicted octanol–water partition coefficient (Wildman–Crippen LogP) is 2.41. The summed E-state index contributed by atoms with van der Waals surface area (Å²) in [4.78, 5) is 13.8. The van der Waals surface area contributed by atoms with E-state index in [2.05, 4.69) is 36.9 Å². The molecule has 2 atom stereocenters. The molecule has 1 aromatic rings. The Morgan fingerprint density at radius 1 is 1.36 bits per heavy atom. The molecule has 1 aliphatic heterocycles. The summed E-state index contributed by atoms with van der Waals surface area (Å²) in [5.74, 6) is 0.355. The number of hydrogen-bond acceptors (Lipinski definition) is 4. The van der Waals surface area contributed by atoms with Crippen LogP contribution in [0.3, 0.4) is 0 Å². The Hall–Kier alpha value is -1.39. The van der Waals surface area contributed by atoms with Crippen LogP contribution in [0.1, 0.15) is 36.0 Å². The van der Waals surface area contributed by atoms with E-state index in [0.29, 0.717) is 12.3 Å². The predicted molar refractivity (Wildman–Crippen MR) is 88.5 cm³/mol. The van der Waals surface area contributed by atoms with E-state index in [-0.39, 0.29) is 12.0 Å². The lowest BCUT2D eigenvalue weighted by atomic mass is 9.90. The van der Waals surface area contributed by atoms with Crippen molar-refractivity contribution in [2.24, 2.45) is 11.7 Å². The highest BCUT2D eigenvalue weighted by Crippen LogP contribution is 2.23. The number of likely N-dealkylation sites (tertiary alicyclic amines) is 1. The number of ether oxygens (including phenoxy) is 1. The topological polar surface area (TPSA) is 55.6 Å². The highest BCUT2D eigenvalue weighted by atomic mass is 16.5. The van der Waals surface area contributed by atoms with Crippen molar-refractivity contribution in [3.05, 3.63) is 34.9 Å². The minimum absolute atomic E-state index is 0.125. The monoisotopic (exact) mass is 304 g/mol. The van der Waals surface area contributed by atoms with Gasteiger partial charge in [0.15, 0.2) is 0 Å². The Kier molecular flexibility index (Phi) is 5.98. The van der Waals surface area contributed by atoms with Gasteiger partial charge in [-0.1, -0.05) is 23.8 Å². The summed E-state index contributed by atoms with van der Waals surface area (Å²) >= 11 is 0. The van der Waals surface area contributed by atoms with Crippen LogP contribution >= 0.6 is 0 Å². The second kappa shape index (κ2) is 7.75. The Balaban J connectivity index is 1.95. The van der Waals surface area contributed by atoms with E-state index < -0.39 is 0 Å². The minimum Gasteiger partial charge on any atom is -0.469 e. The van der Waals surface area contributed by atoms with Crippen molar-refractivity contribution in [2.45, 2.75) is 45.7 Å². The van der Waals surface area contributed by atoms with Gasteiger partial charge >= 0.3 is 5.97 Å². The number of esters is 1. The van der Waals surface area contributed by atoms with Gasteiger partial charge in [-0.05, 0) is 43.7 Å². The van der Waals surface area contributed by atoms with Crippen molar-refractivity contribution in [3.63, 3.8) is 0 Å². The van der Waals surface area contributed by atoms with Gasteiger partial charge in [-0.25, -0.2) is 0 Å². The van der Waals surface area contributed by atoms with Gasteiger partial charge < -0.3 is 10.5 Å². The number of aryl methyl sites for hydroxylation is 2. The number of rotatable bonds is 5. The molecule has 0 aliphatic carbocycles. The molecule has 22 heavy (non-hydrogen) atoms. The zero-order valence-corrected chi connectivity index (χ0v) is 14.0. The largest absolute Gasteiger partial charge is 0.469 e. The summed E-state index contributed by atoms with van der Waals surface area (Å²) in [6.45, 7) is 7.17. The molecule has 1 saturated heterocycles. The summed E-state index contributed by atoms with van der Waals surface area (Å²) in [6.07, 6.45) is 2.36. The molecule has 2 unspecified atom stereocenters. The molecule has 1 aromatic carbocycles. The zero-order valence-electron chi connectivity index (χ0n) is 14.0. The summed E-state index contributed by atoms with van der Waals surface area (Å²) in [5.41, 5.74) is 10.2. The van der Waals surface area contributed by atoms with E-state index in [1.54, 1.807) is 0 Å². The minimum atomic E-state index is -0.125. The zero-order chi connectivity index (χ0) is 16.1. The molecule has 1 fully saturated rings. The van der Waals surface area contributed by atoms with Crippen molar-refractivity contribution in [1.29, 1.82) is 0 Å². The second-order valence-corrected chi connectivity index (χ2v) is 6.60. The molecule has 122 valence electrons. The van der Waals surface area contributed by atoms with Crippen molar-refractivity contribution >= 4 is 5.97 Å². The van der Waals surface area contributed by atoms with Gasteiger partial charge in [0.05, 0.1) is 7.11 Å². The normalized spacial score (nSPS) is 22.5. The molecule has 4 nitrogen and oxygen atoms in total. The molecule has 0 amide bonds. The smallest absolute Gasteiger partial charge is 0.305 e. The number of piperidine rings is 1. The highest BCUT2D eigenvalue weighted by molar-refractivity contribution is 5.69. The summed E-state index contributed by atoms with van der Waals surface area (Å²) in [7, 11) is 1.45. The standard InChI is InChI=1S/C18H28N2O2/c1-13-4-5-14(2)16(8-13)11-20-10-15(9-17(19)12-20)6-7-18(21)22-3/h4-5,8,15,17H,6-7,9-12,19H2,1-3H3. The number of carbonyl (C=O) groups is 1. The first-order valence-electron chi connectivity index (χ1n) is 8.08. The molecule has 0 bridgehead atoms. The van der Waals surface area contributed by atoms with E-state index >= 15 is 0 Å². The van der Waals surface area contributed by atoms with Crippen LogP contribution in [0.5, 0.6) is 0 Å². The maximum absolute atomic E-state index is 11.3. The fourth-order valence-corrected chi connectivity index (χ4v) is 3.32. The second-order valence-electron chi connectivity index (χ2n) is 6.60. The number of nitrogens with zero attached hydrogens (tertiary/aromatic N) is 1. The third-order valence-electron chi connectivity index (χ3n) is 4.53. The van der Waals surface area contributed by atoms with Crippen LogP contribution < -0.4 is 5.73 Å². The van der Waals surface area contributed by atoms with Gasteiger partial charge in [-0.2, -0.15) is 0 Å². The molecule has 0 radical (unpaired) electrons. The molecule has 1 aliphatic rings. The molecular formula is C18H28N2O2. The fraction of sp³-hybridized carbons (Fsp3) is 0.611. The van der Waals surface area contributed by atoms with Crippen LogP contribution in [0.4, 0.5) is 0 Å². The van der Waals surface area contributed by atoms with Gasteiger partial charge in [-0.15, -0.1) is 0 Å². The van der Waals surface area contributed by atoms with E-state index in [1.165, 1.54) is 23.8 Å². The molecule has 2 N–H and O–H groups in total. The summed E-state index contributed by atoms with van der Waals surface area (Å²) < 4.78 is 4.74. The van der Waals surface area contributed by atoms with E-state index in [4.69, 9.17) is 10.5 Å². The molecule has 4 heteroatoms. The molecule has 0 saturated carbocycles. The van der Waals surface area contributed by atoms with Gasteiger partial charge in [0.2, 0.25) is 0 Å². The quantitative estimate of drug-likeness (QED) is 0.849. The lowest BCUT2D eigenvalue weighted by Gasteiger charge is -2.36. The fourth-order valence-electron chi connectivity index (χ4n) is 3.32. The number of nitrogens with two attached hydrogens (primary N) is 1. The van der Waals surface area contributed by atoms with E-state index in [1.807, 2.05) is 0 Å². The van der Waals surface area contributed by atoms with E-state index in [0.717, 1.165) is 32.5 Å². The third-order valence-corrected chi connectivity index (χ3v) is 4.53. The van der Waals surface area contributed by atoms with Gasteiger partial charge in [0.1, 0.15) is 0 Å². The lowest BCUT2D eigenvalue weighted by Crippen LogP contribution is -2.46. The van der Waals surface area contributed by atoms with Gasteiger partial charge in [0, 0.05) is 32.1 Å². The van der Waals surface area contributed by atoms with Crippen molar-refractivity contribution in [1.82, 2.24) is 4.90 Å². The Bertz CT molecular complexity index is 516. The molecular weight excluding hydrogens is 276 g/mol. The Labute approximate surface area is 133 Å². The van der Waals surface area contributed by atoms with Crippen molar-refractivity contribution in [3.8, 4) is 0 Å². The van der Waals surface area contributed by atoms with Crippen LogP contribution in [0.15, 0.2) is 18.2 Å². The SMILES string of the molecule is COC(=O)CCC1CC(N)CN(Cc2cc(C)ccc2C)C1. The van der Waals surface area contributed by atoms with Crippen LogP contribution in [-0.4, -0.2) is 37.1 Å². The van der Waals surface area contributed by atoms with Crippen molar-refractivity contribution < 1.29 is 9.53 Å². The van der Waals surface area contributed by atoms with E-state index in [9.17, 15) is 4.79 Å². The number of benzene rings is 1. The number of hydrogen-bond donors (Lipinski definition) is 1. The van der Waals surface area contributed by atoms with Crippen LogP contribution in [-0.2, 0) is 16.1 Å². The average Bonchev–Trinajstić information content (AvgIpc) is 2.48. The van der Waals surface area contributed by atoms with Crippen LogP contribution in [0.25, 0.3) is 0 Å². The number of carbonyl (C=O) groups excluding carboxylic acids is 1. The molecule has 1 heterocycles. The van der Waals surface area contributed by atoms with Crippen LogP contribution in [0, 0.1) is 19.8 Å². The first kappa shape index (κ1) is 17.0. The molecule has 2 rings (SSSR count). The highest BCUT2D eigenvalue weighted by Gasteiger charge is 2.25. The maximum atomic E-state index is 11.3. The number of methoxy groups -OCH3 is 1. The Morgan fingerprint density at radius 3 is 2.86 bits per heavy atom. The van der Waals surface area contributed by atoms with Gasteiger partial charge in [0.25, 0.3) is 0 Å². The Morgan fingerprint density at radius 2 is 2.14 bits per heavy atom.